The molecule has 0 amide bonds. The zero-order chi connectivity index (χ0) is 12.5. The Morgan fingerprint density at radius 3 is 1.94 bits per heavy atom. The minimum absolute atomic E-state index is 0.665. The van der Waals surface area contributed by atoms with Gasteiger partial charge in [-0.15, -0.1) is 0 Å². The molecule has 1 saturated carbocycles. The lowest BCUT2D eigenvalue weighted by Gasteiger charge is -2.44. The van der Waals surface area contributed by atoms with Crippen molar-refractivity contribution in [3.8, 4) is 0 Å². The van der Waals surface area contributed by atoms with Crippen molar-refractivity contribution in [3.63, 3.8) is 0 Å². The van der Waals surface area contributed by atoms with Gasteiger partial charge in [-0.3, -0.25) is 0 Å². The van der Waals surface area contributed by atoms with Crippen molar-refractivity contribution in [2.24, 2.45) is 10.8 Å². The van der Waals surface area contributed by atoms with Gasteiger partial charge in [0.1, 0.15) is 0 Å². The highest BCUT2D eigenvalue weighted by Crippen LogP contribution is 2.52. The Bertz CT molecular complexity index is 246. The van der Waals surface area contributed by atoms with Crippen LogP contribution in [-0.2, 0) is 0 Å². The molecule has 2 rings (SSSR count). The first kappa shape index (κ1) is 13.4. The van der Waals surface area contributed by atoms with Gasteiger partial charge in [0.2, 0.25) is 0 Å². The summed E-state index contributed by atoms with van der Waals surface area (Å²) in [6.07, 6.45) is 10.1. The van der Waals surface area contributed by atoms with Gasteiger partial charge in [-0.25, -0.2) is 10.0 Å². The molecule has 1 heterocycles. The largest absolute Gasteiger partial charge is 0.248 e. The Morgan fingerprint density at radius 2 is 1.53 bits per heavy atom. The molecule has 1 aliphatic heterocycles. The molecule has 2 nitrogen and oxygen atoms in total. The molecule has 0 N–H and O–H groups in total. The molecule has 2 heteroatoms. The fraction of sp³-hybridized carbons (Fsp3) is 1.00. The third kappa shape index (κ3) is 2.53. The second-order valence-electron chi connectivity index (χ2n) is 6.69. The smallest absolute Gasteiger partial charge is 0.0190 e. The molecule has 0 radical (unpaired) electrons. The summed E-state index contributed by atoms with van der Waals surface area (Å²) in [7, 11) is 4.37. The SMILES string of the molecule is CCC1(CC)CCC2(CCN(N(C)C)C2)CC1. The van der Waals surface area contributed by atoms with Crippen molar-refractivity contribution in [1.29, 1.82) is 0 Å². The van der Waals surface area contributed by atoms with E-state index in [2.05, 4.69) is 38.0 Å². The van der Waals surface area contributed by atoms with E-state index in [9.17, 15) is 0 Å². The topological polar surface area (TPSA) is 6.48 Å². The number of hydrazine groups is 1. The zero-order valence-electron chi connectivity index (χ0n) is 12.3. The van der Waals surface area contributed by atoms with E-state index in [4.69, 9.17) is 0 Å². The zero-order valence-corrected chi connectivity index (χ0v) is 12.3. The monoisotopic (exact) mass is 238 g/mol. The Morgan fingerprint density at radius 1 is 0.941 bits per heavy atom. The Labute approximate surface area is 107 Å². The van der Waals surface area contributed by atoms with Gasteiger partial charge in [-0.05, 0) is 42.9 Å². The number of nitrogens with zero attached hydrogens (tertiary/aromatic N) is 2. The minimum Gasteiger partial charge on any atom is -0.248 e. The summed E-state index contributed by atoms with van der Waals surface area (Å²) in [5, 5.41) is 4.82. The van der Waals surface area contributed by atoms with E-state index in [1.165, 1.54) is 58.0 Å². The quantitative estimate of drug-likeness (QED) is 0.742. The normalized spacial score (nSPS) is 28.1. The number of hydrogen-bond donors (Lipinski definition) is 0. The highest BCUT2D eigenvalue weighted by molar-refractivity contribution is 4.96. The summed E-state index contributed by atoms with van der Waals surface area (Å²) in [4.78, 5) is 0. The van der Waals surface area contributed by atoms with E-state index < -0.39 is 0 Å². The van der Waals surface area contributed by atoms with Gasteiger partial charge in [0.15, 0.2) is 0 Å². The lowest BCUT2D eigenvalue weighted by Crippen LogP contribution is -2.39. The first-order chi connectivity index (χ1) is 8.05. The van der Waals surface area contributed by atoms with E-state index in [0.29, 0.717) is 10.8 Å². The van der Waals surface area contributed by atoms with Crippen LogP contribution in [0.1, 0.15) is 58.8 Å². The van der Waals surface area contributed by atoms with E-state index in [1.807, 2.05) is 0 Å². The molecule has 100 valence electrons. The predicted octanol–water partition coefficient (Wildman–Crippen LogP) is 3.54. The van der Waals surface area contributed by atoms with Gasteiger partial charge in [-0.1, -0.05) is 26.7 Å². The Balaban J connectivity index is 1.95. The van der Waals surface area contributed by atoms with Crippen molar-refractivity contribution in [3.05, 3.63) is 0 Å². The highest BCUT2D eigenvalue weighted by atomic mass is 15.6. The van der Waals surface area contributed by atoms with Crippen LogP contribution in [0.4, 0.5) is 0 Å². The lowest BCUT2D eigenvalue weighted by atomic mass is 9.61. The van der Waals surface area contributed by atoms with Crippen LogP contribution < -0.4 is 0 Å². The molecule has 0 bridgehead atoms. The van der Waals surface area contributed by atoms with Gasteiger partial charge in [0.05, 0.1) is 0 Å². The summed E-state index contributed by atoms with van der Waals surface area (Å²) in [6, 6.07) is 0. The maximum atomic E-state index is 2.53. The van der Waals surface area contributed by atoms with E-state index in [1.54, 1.807) is 0 Å². The van der Waals surface area contributed by atoms with E-state index in [0.717, 1.165) is 0 Å². The van der Waals surface area contributed by atoms with Crippen LogP contribution in [0.3, 0.4) is 0 Å². The Kier molecular flexibility index (Phi) is 3.84. The lowest BCUT2D eigenvalue weighted by molar-refractivity contribution is 0.0167. The second-order valence-corrected chi connectivity index (χ2v) is 6.69. The molecule has 17 heavy (non-hydrogen) atoms. The second kappa shape index (κ2) is 4.89. The number of hydrogen-bond acceptors (Lipinski definition) is 2. The molecule has 0 aromatic rings. The average molecular weight is 238 g/mol. The molecule has 0 aromatic heterocycles. The van der Waals surface area contributed by atoms with Gasteiger partial charge in [0.25, 0.3) is 0 Å². The third-order valence-corrected chi connectivity index (χ3v) is 5.86. The summed E-state index contributed by atoms with van der Waals surface area (Å²) >= 11 is 0. The van der Waals surface area contributed by atoms with Gasteiger partial charge >= 0.3 is 0 Å². The molecule has 0 atom stereocenters. The van der Waals surface area contributed by atoms with E-state index >= 15 is 0 Å². The molecule has 0 unspecified atom stereocenters. The van der Waals surface area contributed by atoms with Crippen LogP contribution in [0.2, 0.25) is 0 Å². The van der Waals surface area contributed by atoms with Crippen LogP contribution >= 0.6 is 0 Å². The summed E-state index contributed by atoms with van der Waals surface area (Å²) in [5.74, 6) is 0. The standard InChI is InChI=1S/C15H30N2/c1-5-14(6-2)7-9-15(10-8-14)11-12-17(13-15)16(3)4/h5-13H2,1-4H3. The van der Waals surface area contributed by atoms with Crippen LogP contribution in [0, 0.1) is 10.8 Å². The Hall–Kier alpha value is -0.0800. The van der Waals surface area contributed by atoms with Crippen molar-refractivity contribution in [2.75, 3.05) is 27.2 Å². The fourth-order valence-corrected chi connectivity index (χ4v) is 3.93. The molecule has 0 aromatic carbocycles. The van der Waals surface area contributed by atoms with Crippen molar-refractivity contribution in [2.45, 2.75) is 58.8 Å². The third-order valence-electron chi connectivity index (χ3n) is 5.86. The average Bonchev–Trinajstić information content (AvgIpc) is 2.76. The highest BCUT2D eigenvalue weighted by Gasteiger charge is 2.44. The predicted molar refractivity (Wildman–Crippen MR) is 73.8 cm³/mol. The summed E-state index contributed by atoms with van der Waals surface area (Å²) in [6.45, 7) is 7.37. The molecule has 2 fully saturated rings. The van der Waals surface area contributed by atoms with Crippen LogP contribution in [0.5, 0.6) is 0 Å². The first-order valence-corrected chi connectivity index (χ1v) is 7.47. The molecule has 1 spiro atoms. The van der Waals surface area contributed by atoms with Gasteiger partial charge in [-0.2, -0.15) is 0 Å². The molecule has 1 aliphatic carbocycles. The molecular formula is C15H30N2. The van der Waals surface area contributed by atoms with Gasteiger partial charge < -0.3 is 0 Å². The minimum atomic E-state index is 0.665. The summed E-state index contributed by atoms with van der Waals surface area (Å²) in [5.41, 5.74) is 1.36. The molecule has 1 saturated heterocycles. The van der Waals surface area contributed by atoms with Gasteiger partial charge in [0, 0.05) is 27.2 Å². The van der Waals surface area contributed by atoms with Crippen LogP contribution in [-0.4, -0.2) is 37.2 Å². The summed E-state index contributed by atoms with van der Waals surface area (Å²) < 4.78 is 0. The van der Waals surface area contributed by atoms with Crippen LogP contribution in [0.25, 0.3) is 0 Å². The van der Waals surface area contributed by atoms with Crippen molar-refractivity contribution in [1.82, 2.24) is 10.0 Å². The molecule has 2 aliphatic rings. The van der Waals surface area contributed by atoms with Crippen molar-refractivity contribution >= 4 is 0 Å². The number of rotatable bonds is 3. The molecular weight excluding hydrogens is 208 g/mol. The first-order valence-electron chi connectivity index (χ1n) is 7.47. The van der Waals surface area contributed by atoms with Crippen LogP contribution in [0.15, 0.2) is 0 Å². The van der Waals surface area contributed by atoms with E-state index in [-0.39, 0.29) is 0 Å². The maximum Gasteiger partial charge on any atom is 0.0190 e. The maximum absolute atomic E-state index is 2.53. The van der Waals surface area contributed by atoms with Crippen molar-refractivity contribution < 1.29 is 0 Å². The fourth-order valence-electron chi connectivity index (χ4n) is 3.93.